The number of rotatable bonds is 4. The number of carbonyl (C=O) groups is 1. The molecule has 0 bridgehead atoms. The minimum Gasteiger partial charge on any atom is -0.472 e. The third-order valence-corrected chi connectivity index (χ3v) is 3.90. The van der Waals surface area contributed by atoms with E-state index in [2.05, 4.69) is 9.97 Å². The highest BCUT2D eigenvalue weighted by atomic mass is 32.2. The summed E-state index contributed by atoms with van der Waals surface area (Å²) in [4.78, 5) is 22.2. The Morgan fingerprint density at radius 1 is 1.29 bits per heavy atom. The molecule has 3 rings (SSSR count). The third-order valence-electron chi connectivity index (χ3n) is 3.35. The number of carbonyl (C=O) groups excluding carboxylic acids is 1. The van der Waals surface area contributed by atoms with Crippen molar-refractivity contribution in [3.05, 3.63) is 41.5 Å². The minimum absolute atomic E-state index is 0.0158. The number of nitrogens with zero attached hydrogens (tertiary/aromatic N) is 3. The van der Waals surface area contributed by atoms with Gasteiger partial charge in [0.25, 0.3) is 0 Å². The van der Waals surface area contributed by atoms with E-state index in [0.717, 1.165) is 11.1 Å². The average Bonchev–Trinajstić information content (AvgIpc) is 2.81. The minimum atomic E-state index is 0.0158. The van der Waals surface area contributed by atoms with Gasteiger partial charge in [-0.2, -0.15) is 4.98 Å². The van der Waals surface area contributed by atoms with E-state index < -0.39 is 0 Å². The van der Waals surface area contributed by atoms with Crippen molar-refractivity contribution in [2.75, 3.05) is 18.2 Å². The molecule has 1 aromatic heterocycles. The third kappa shape index (κ3) is 2.71. The fourth-order valence-electron chi connectivity index (χ4n) is 2.19. The first-order chi connectivity index (χ1) is 10.2. The van der Waals surface area contributed by atoms with Crippen molar-refractivity contribution in [3.8, 4) is 5.88 Å². The standard InChI is InChI=1S/C15H15N3O2S/c1-18-12(19)8-11-13(18)16-15(21-2)17-14(11)20-9-10-6-4-3-5-7-10/h3-7H,8-9H2,1-2H3. The predicted molar refractivity (Wildman–Crippen MR) is 81.7 cm³/mol. The van der Waals surface area contributed by atoms with Crippen LogP contribution in [0.5, 0.6) is 5.88 Å². The fourth-order valence-corrected chi connectivity index (χ4v) is 2.54. The average molecular weight is 301 g/mol. The molecule has 21 heavy (non-hydrogen) atoms. The van der Waals surface area contributed by atoms with Gasteiger partial charge in [-0.1, -0.05) is 42.1 Å². The van der Waals surface area contributed by atoms with Crippen LogP contribution in [-0.2, 0) is 17.8 Å². The molecule has 0 saturated heterocycles. The van der Waals surface area contributed by atoms with E-state index in [-0.39, 0.29) is 5.91 Å². The molecule has 1 aliphatic heterocycles. The molecule has 1 amide bonds. The van der Waals surface area contributed by atoms with Crippen LogP contribution in [0.25, 0.3) is 0 Å². The lowest BCUT2D eigenvalue weighted by Gasteiger charge is -2.12. The van der Waals surface area contributed by atoms with Crippen molar-refractivity contribution in [2.45, 2.75) is 18.2 Å². The molecule has 1 aliphatic rings. The summed E-state index contributed by atoms with van der Waals surface area (Å²) in [7, 11) is 1.73. The first-order valence-electron chi connectivity index (χ1n) is 6.57. The molecule has 0 fully saturated rings. The van der Waals surface area contributed by atoms with E-state index in [4.69, 9.17) is 4.74 Å². The van der Waals surface area contributed by atoms with E-state index in [1.54, 1.807) is 11.9 Å². The maximum atomic E-state index is 11.9. The lowest BCUT2D eigenvalue weighted by Crippen LogP contribution is -2.21. The highest BCUT2D eigenvalue weighted by molar-refractivity contribution is 7.98. The number of hydrogen-bond acceptors (Lipinski definition) is 5. The van der Waals surface area contributed by atoms with Gasteiger partial charge in [-0.3, -0.25) is 9.69 Å². The molecule has 0 radical (unpaired) electrons. The summed E-state index contributed by atoms with van der Waals surface area (Å²) in [6.07, 6.45) is 2.20. The van der Waals surface area contributed by atoms with Crippen LogP contribution in [0.4, 0.5) is 5.82 Å². The van der Waals surface area contributed by atoms with Gasteiger partial charge in [-0.25, -0.2) is 4.98 Å². The summed E-state index contributed by atoms with van der Waals surface area (Å²) in [6, 6.07) is 9.88. The van der Waals surface area contributed by atoms with Crippen LogP contribution in [0.3, 0.4) is 0 Å². The predicted octanol–water partition coefficient (Wildman–Crippen LogP) is 2.30. The first-order valence-corrected chi connectivity index (χ1v) is 7.79. The molecule has 108 valence electrons. The van der Waals surface area contributed by atoms with Crippen molar-refractivity contribution >= 4 is 23.5 Å². The Bertz CT molecular complexity index is 676. The number of benzene rings is 1. The van der Waals surface area contributed by atoms with Crippen LogP contribution >= 0.6 is 11.8 Å². The molecule has 1 aromatic carbocycles. The number of amides is 1. The molecule has 0 N–H and O–H groups in total. The van der Waals surface area contributed by atoms with Gasteiger partial charge in [-0.05, 0) is 11.8 Å². The number of ether oxygens (including phenoxy) is 1. The highest BCUT2D eigenvalue weighted by Gasteiger charge is 2.30. The van der Waals surface area contributed by atoms with Crippen LogP contribution in [0.1, 0.15) is 11.1 Å². The van der Waals surface area contributed by atoms with Crippen molar-refractivity contribution in [1.82, 2.24) is 9.97 Å². The number of likely N-dealkylation sites (N-methyl/N-ethyl adjacent to an activating group) is 1. The molecular weight excluding hydrogens is 286 g/mol. The molecule has 0 aliphatic carbocycles. The van der Waals surface area contributed by atoms with Gasteiger partial charge >= 0.3 is 0 Å². The summed E-state index contributed by atoms with van der Waals surface area (Å²) in [5.41, 5.74) is 1.84. The number of hydrogen-bond donors (Lipinski definition) is 0. The second kappa shape index (κ2) is 5.73. The molecule has 0 unspecified atom stereocenters. The van der Waals surface area contributed by atoms with Crippen LogP contribution in [-0.4, -0.2) is 29.2 Å². The van der Waals surface area contributed by atoms with Crippen molar-refractivity contribution < 1.29 is 9.53 Å². The first kappa shape index (κ1) is 13.9. The fraction of sp³-hybridized carbons (Fsp3) is 0.267. The van der Waals surface area contributed by atoms with E-state index in [9.17, 15) is 4.79 Å². The van der Waals surface area contributed by atoms with Crippen molar-refractivity contribution in [1.29, 1.82) is 0 Å². The lowest BCUT2D eigenvalue weighted by atomic mass is 10.2. The smallest absolute Gasteiger partial charge is 0.232 e. The van der Waals surface area contributed by atoms with Gasteiger partial charge in [0.1, 0.15) is 12.4 Å². The molecule has 5 nitrogen and oxygen atoms in total. The molecule has 6 heteroatoms. The van der Waals surface area contributed by atoms with Crippen molar-refractivity contribution in [3.63, 3.8) is 0 Å². The zero-order valence-electron chi connectivity index (χ0n) is 11.9. The van der Waals surface area contributed by atoms with Crippen LogP contribution < -0.4 is 9.64 Å². The molecule has 0 spiro atoms. The Hall–Kier alpha value is -2.08. The van der Waals surface area contributed by atoms with Crippen LogP contribution in [0, 0.1) is 0 Å². The second-order valence-electron chi connectivity index (χ2n) is 4.72. The van der Waals surface area contributed by atoms with Crippen molar-refractivity contribution in [2.24, 2.45) is 0 Å². The summed E-state index contributed by atoms with van der Waals surface area (Å²) in [5, 5.41) is 0.610. The number of fused-ring (bicyclic) bond motifs is 1. The monoisotopic (exact) mass is 301 g/mol. The number of aromatic nitrogens is 2. The zero-order valence-corrected chi connectivity index (χ0v) is 12.7. The molecule has 2 aromatic rings. The number of thioether (sulfide) groups is 1. The summed E-state index contributed by atoms with van der Waals surface area (Å²) in [6.45, 7) is 0.427. The SMILES string of the molecule is CSc1nc(OCc2ccccc2)c2c(n1)N(C)C(=O)C2. The van der Waals surface area contributed by atoms with Gasteiger partial charge in [-0.15, -0.1) is 0 Å². The second-order valence-corrected chi connectivity index (χ2v) is 5.49. The maximum absolute atomic E-state index is 11.9. The Morgan fingerprint density at radius 3 is 2.76 bits per heavy atom. The Balaban J connectivity index is 1.90. The van der Waals surface area contributed by atoms with E-state index in [1.165, 1.54) is 11.8 Å². The van der Waals surface area contributed by atoms with Gasteiger partial charge in [0.05, 0.1) is 12.0 Å². The summed E-state index contributed by atoms with van der Waals surface area (Å²) < 4.78 is 5.83. The van der Waals surface area contributed by atoms with Gasteiger partial charge in [0.2, 0.25) is 11.8 Å². The molecule has 2 heterocycles. The highest BCUT2D eigenvalue weighted by Crippen LogP contribution is 2.34. The molecule has 0 atom stereocenters. The Kier molecular flexibility index (Phi) is 3.79. The summed E-state index contributed by atoms with van der Waals surface area (Å²) in [5.74, 6) is 1.18. The Labute approximate surface area is 127 Å². The largest absolute Gasteiger partial charge is 0.472 e. The Morgan fingerprint density at radius 2 is 2.05 bits per heavy atom. The normalized spacial score (nSPS) is 13.4. The number of anilines is 1. The topological polar surface area (TPSA) is 55.3 Å². The van der Waals surface area contributed by atoms with Crippen LogP contribution in [0.15, 0.2) is 35.5 Å². The van der Waals surface area contributed by atoms with E-state index >= 15 is 0 Å². The van der Waals surface area contributed by atoms with E-state index in [0.29, 0.717) is 29.9 Å². The molecular formula is C15H15N3O2S. The van der Waals surface area contributed by atoms with Gasteiger partial charge in [0.15, 0.2) is 5.16 Å². The van der Waals surface area contributed by atoms with Gasteiger partial charge in [0, 0.05) is 7.05 Å². The quantitative estimate of drug-likeness (QED) is 0.640. The van der Waals surface area contributed by atoms with Gasteiger partial charge < -0.3 is 4.74 Å². The van der Waals surface area contributed by atoms with Crippen LogP contribution in [0.2, 0.25) is 0 Å². The molecule has 0 saturated carbocycles. The summed E-state index contributed by atoms with van der Waals surface area (Å²) >= 11 is 1.43. The lowest BCUT2D eigenvalue weighted by molar-refractivity contribution is -0.117. The zero-order chi connectivity index (χ0) is 14.8. The van der Waals surface area contributed by atoms with E-state index in [1.807, 2.05) is 36.6 Å². The maximum Gasteiger partial charge on any atom is 0.232 e.